The highest BCUT2D eigenvalue weighted by atomic mass is 16.7. The molecule has 16 heteroatoms. The third-order valence-electron chi connectivity index (χ3n) is 8.46. The number of imide groups is 2. The zero-order valence-corrected chi connectivity index (χ0v) is 29.9. The minimum Gasteiger partial charge on any atom is -0.379 e. The molecule has 2 fully saturated rings. The number of hydrogen-bond donors (Lipinski definition) is 2. The molecule has 4 rings (SSSR count). The Kier molecular flexibility index (Phi) is 19.2. The second-order valence-electron chi connectivity index (χ2n) is 12.4. The third-order valence-corrected chi connectivity index (χ3v) is 8.46. The highest BCUT2D eigenvalue weighted by Crippen LogP contribution is 2.32. The molecule has 2 N–H and O–H groups in total. The summed E-state index contributed by atoms with van der Waals surface area (Å²) in [6, 6.07) is 3.54. The summed E-state index contributed by atoms with van der Waals surface area (Å²) in [5.41, 5.74) is 0.393. The molecule has 2 saturated heterocycles. The highest BCUT2D eigenvalue weighted by Gasteiger charge is 2.45. The molecule has 1 aromatic rings. The number of nitrogens with zero attached hydrogens (tertiary/aromatic N) is 1. The number of fused-ring (bicyclic) bond motifs is 1. The second kappa shape index (κ2) is 24.1. The summed E-state index contributed by atoms with van der Waals surface area (Å²) in [5, 5.41) is 4.91. The topological polar surface area (TPSA) is 186 Å². The average Bonchev–Trinajstić information content (AvgIpc) is 3.39. The molecule has 0 saturated carbocycles. The first kappa shape index (κ1) is 41.4. The van der Waals surface area contributed by atoms with Crippen LogP contribution in [0.1, 0.15) is 78.5 Å². The van der Waals surface area contributed by atoms with Crippen molar-refractivity contribution in [2.75, 3.05) is 97.8 Å². The number of ether oxygens (including phenoxy) is 8. The number of nitrogens with one attached hydrogen (secondary N) is 2. The lowest BCUT2D eigenvalue weighted by molar-refractivity contribution is -0.169. The number of unbranched alkanes of at least 4 members (excludes halogenated alkanes) is 2. The molecular weight excluding hydrogens is 682 g/mol. The number of benzene rings is 1. The van der Waals surface area contributed by atoms with E-state index in [1.165, 1.54) is 6.07 Å². The molecule has 0 radical (unpaired) electrons. The van der Waals surface area contributed by atoms with Crippen LogP contribution in [-0.2, 0) is 52.3 Å². The van der Waals surface area contributed by atoms with E-state index in [0.717, 1.165) is 43.6 Å². The Morgan fingerprint density at radius 3 is 1.94 bits per heavy atom. The van der Waals surface area contributed by atoms with Crippen LogP contribution in [-0.4, -0.2) is 139 Å². The average molecular weight is 736 g/mol. The molecule has 0 aliphatic carbocycles. The number of anilines is 1. The lowest BCUT2D eigenvalue weighted by Crippen LogP contribution is -2.54. The molecule has 16 nitrogen and oxygen atoms in total. The van der Waals surface area contributed by atoms with E-state index in [-0.39, 0.29) is 48.3 Å². The van der Waals surface area contributed by atoms with Crippen molar-refractivity contribution < 1.29 is 61.9 Å². The maximum Gasteiger partial charge on any atom is 0.264 e. The second-order valence-corrected chi connectivity index (χ2v) is 12.4. The molecule has 3 aliphatic rings. The maximum absolute atomic E-state index is 13.2. The Labute approximate surface area is 304 Å². The van der Waals surface area contributed by atoms with E-state index in [1.807, 2.05) is 0 Å². The summed E-state index contributed by atoms with van der Waals surface area (Å²) in [7, 11) is 0. The van der Waals surface area contributed by atoms with Crippen LogP contribution in [0.4, 0.5) is 5.69 Å². The lowest BCUT2D eigenvalue weighted by atomic mass is 10.0. The zero-order chi connectivity index (χ0) is 36.8. The number of rotatable bonds is 27. The molecular formula is C36H53N3O13. The van der Waals surface area contributed by atoms with Gasteiger partial charge in [-0.1, -0.05) is 12.5 Å². The van der Waals surface area contributed by atoms with Crippen molar-refractivity contribution >= 4 is 35.2 Å². The summed E-state index contributed by atoms with van der Waals surface area (Å²) in [6.07, 6.45) is 5.60. The van der Waals surface area contributed by atoms with Gasteiger partial charge in [0.2, 0.25) is 17.7 Å². The van der Waals surface area contributed by atoms with Crippen LogP contribution < -0.4 is 10.6 Å². The molecule has 3 aliphatic heterocycles. The largest absolute Gasteiger partial charge is 0.379 e. The fourth-order valence-electron chi connectivity index (χ4n) is 5.78. The van der Waals surface area contributed by atoms with Crippen molar-refractivity contribution in [1.82, 2.24) is 10.2 Å². The first-order chi connectivity index (χ1) is 25.5. The molecule has 0 aromatic heterocycles. The van der Waals surface area contributed by atoms with Gasteiger partial charge in [-0.05, 0) is 50.7 Å². The normalized spacial score (nSPS) is 18.9. The Balaban J connectivity index is 0.897. The van der Waals surface area contributed by atoms with Crippen molar-refractivity contribution in [2.24, 2.45) is 0 Å². The Hall–Kier alpha value is -3.35. The molecule has 290 valence electrons. The van der Waals surface area contributed by atoms with Crippen molar-refractivity contribution in [3.63, 3.8) is 0 Å². The van der Waals surface area contributed by atoms with Gasteiger partial charge in [-0.15, -0.1) is 0 Å². The van der Waals surface area contributed by atoms with Gasteiger partial charge in [-0.25, -0.2) is 0 Å². The van der Waals surface area contributed by atoms with E-state index < -0.39 is 29.7 Å². The predicted molar refractivity (Wildman–Crippen MR) is 185 cm³/mol. The summed E-state index contributed by atoms with van der Waals surface area (Å²) >= 11 is 0. The Morgan fingerprint density at radius 1 is 0.731 bits per heavy atom. The van der Waals surface area contributed by atoms with Crippen molar-refractivity contribution in [3.05, 3.63) is 29.3 Å². The number of hydrogen-bond acceptors (Lipinski definition) is 13. The van der Waals surface area contributed by atoms with Crippen LogP contribution in [0.5, 0.6) is 0 Å². The fourth-order valence-corrected chi connectivity index (χ4v) is 5.78. The maximum atomic E-state index is 13.2. The predicted octanol–water partition coefficient (Wildman–Crippen LogP) is 2.23. The molecule has 0 bridgehead atoms. The van der Waals surface area contributed by atoms with Gasteiger partial charge < -0.3 is 43.2 Å². The van der Waals surface area contributed by atoms with Gasteiger partial charge in [-0.3, -0.25) is 34.2 Å². The first-order valence-electron chi connectivity index (χ1n) is 18.3. The van der Waals surface area contributed by atoms with E-state index in [4.69, 9.17) is 37.9 Å². The molecule has 3 heterocycles. The number of amides is 5. The van der Waals surface area contributed by atoms with Crippen molar-refractivity contribution in [3.8, 4) is 0 Å². The minimum atomic E-state index is -1.07. The SMILES string of the molecule is O=C1CCC(N2C(=O)c3cccc(NC(=O)CCCCCOCCOCCOCCOCCOCCOCCOC4CCCCO4)c3C2=O)C(=O)N1. The van der Waals surface area contributed by atoms with Gasteiger partial charge in [0.15, 0.2) is 6.29 Å². The summed E-state index contributed by atoms with van der Waals surface area (Å²) in [6.45, 7) is 7.14. The monoisotopic (exact) mass is 735 g/mol. The summed E-state index contributed by atoms with van der Waals surface area (Å²) in [5.74, 6) is -2.70. The number of carbonyl (C=O) groups is 5. The van der Waals surface area contributed by atoms with E-state index in [1.54, 1.807) is 12.1 Å². The fraction of sp³-hybridized carbons (Fsp3) is 0.694. The first-order valence-corrected chi connectivity index (χ1v) is 18.3. The highest BCUT2D eigenvalue weighted by molar-refractivity contribution is 6.26. The van der Waals surface area contributed by atoms with Crippen LogP contribution in [0.2, 0.25) is 0 Å². The van der Waals surface area contributed by atoms with Gasteiger partial charge in [-0.2, -0.15) is 0 Å². The molecule has 2 unspecified atom stereocenters. The number of piperidine rings is 1. The Morgan fingerprint density at radius 2 is 1.35 bits per heavy atom. The van der Waals surface area contributed by atoms with Gasteiger partial charge in [0.25, 0.3) is 11.8 Å². The summed E-state index contributed by atoms with van der Waals surface area (Å²) < 4.78 is 44.2. The standard InChI is InChI=1S/C36H53N3O13/c40-30(37-28-8-6-7-27-33(28)36(44)39(35(27)43)29-11-12-31(41)38-34(29)42)9-2-1-4-13-45-15-16-46-17-18-47-19-20-48-21-22-49-23-24-50-25-26-52-32-10-3-5-14-51-32/h6-8,29,32H,1-5,9-26H2,(H,37,40)(H,38,41,42). The molecule has 0 spiro atoms. The molecule has 1 aromatic carbocycles. The molecule has 2 atom stereocenters. The van der Waals surface area contributed by atoms with E-state index in [0.29, 0.717) is 92.3 Å². The Bertz CT molecular complexity index is 1290. The van der Waals surface area contributed by atoms with E-state index in [9.17, 15) is 24.0 Å². The quantitative estimate of drug-likeness (QED) is 0.0991. The van der Waals surface area contributed by atoms with Crippen LogP contribution in [0.15, 0.2) is 18.2 Å². The van der Waals surface area contributed by atoms with E-state index in [2.05, 4.69) is 10.6 Å². The third kappa shape index (κ3) is 14.2. The van der Waals surface area contributed by atoms with Crippen LogP contribution >= 0.6 is 0 Å². The summed E-state index contributed by atoms with van der Waals surface area (Å²) in [4.78, 5) is 63.5. The van der Waals surface area contributed by atoms with Gasteiger partial charge in [0.05, 0.1) is 96.1 Å². The van der Waals surface area contributed by atoms with E-state index >= 15 is 0 Å². The van der Waals surface area contributed by atoms with Gasteiger partial charge >= 0.3 is 0 Å². The molecule has 52 heavy (non-hydrogen) atoms. The van der Waals surface area contributed by atoms with Crippen LogP contribution in [0, 0.1) is 0 Å². The van der Waals surface area contributed by atoms with Gasteiger partial charge in [0, 0.05) is 26.1 Å². The van der Waals surface area contributed by atoms with Crippen LogP contribution in [0.3, 0.4) is 0 Å². The smallest absolute Gasteiger partial charge is 0.264 e. The minimum absolute atomic E-state index is 0.0315. The molecule has 5 amide bonds. The zero-order valence-electron chi connectivity index (χ0n) is 29.9. The number of carbonyl (C=O) groups excluding carboxylic acids is 5. The van der Waals surface area contributed by atoms with Crippen molar-refractivity contribution in [2.45, 2.75) is 70.1 Å². The van der Waals surface area contributed by atoms with Gasteiger partial charge in [0.1, 0.15) is 6.04 Å². The lowest BCUT2D eigenvalue weighted by Gasteiger charge is -2.27. The van der Waals surface area contributed by atoms with Crippen molar-refractivity contribution in [1.29, 1.82) is 0 Å². The van der Waals surface area contributed by atoms with Crippen LogP contribution in [0.25, 0.3) is 0 Å².